The van der Waals surface area contributed by atoms with E-state index < -0.39 is 10.8 Å². The minimum atomic E-state index is -0.460. The third-order valence-electron chi connectivity index (χ3n) is 21.9. The van der Waals surface area contributed by atoms with Gasteiger partial charge in [0, 0.05) is 34.1 Å². The SMILES string of the molecule is c1ccc(-c2ccc(N(c3ccc(-c4cccc(-c5ccc(-c6ccc(N(c7cccc(-c8ccccc8)c7)c7ccc8c(c7)C7(c9ccccc9-c9ccccc97)c7ccccc7-8)cc6)cc5)c4)cc3)c3ccc4c(c3)C3(c5ccccc5-c5ccccc53)c3ccccc3-4)cc2)cc1. The smallest absolute Gasteiger partial charge is 0.0726 e. The second-order valence-corrected chi connectivity index (χ2v) is 27.0. The van der Waals surface area contributed by atoms with Crippen LogP contribution < -0.4 is 9.80 Å². The van der Waals surface area contributed by atoms with Crippen LogP contribution in [0.15, 0.2) is 388 Å². The Bertz CT molecular complexity index is 5760. The maximum Gasteiger partial charge on any atom is 0.0726 e. The zero-order chi connectivity index (χ0) is 65.9. The summed E-state index contributed by atoms with van der Waals surface area (Å²) in [4.78, 5) is 4.88. The van der Waals surface area contributed by atoms with Crippen molar-refractivity contribution in [2.45, 2.75) is 10.8 Å². The van der Waals surface area contributed by atoms with Crippen molar-refractivity contribution in [1.29, 1.82) is 0 Å². The van der Waals surface area contributed by atoms with E-state index in [-0.39, 0.29) is 0 Å². The molecule has 2 nitrogen and oxygen atoms in total. The number of benzene rings is 16. The van der Waals surface area contributed by atoms with Crippen LogP contribution in [0.1, 0.15) is 44.5 Å². The third kappa shape index (κ3) is 8.70. The Hall–Kier alpha value is -12.9. The highest BCUT2D eigenvalue weighted by atomic mass is 15.1. The molecule has 0 atom stereocenters. The van der Waals surface area contributed by atoms with Crippen LogP contribution in [0, 0.1) is 0 Å². The normalized spacial score (nSPS) is 13.2. The molecule has 0 heterocycles. The van der Waals surface area contributed by atoms with Crippen molar-refractivity contribution in [2.75, 3.05) is 9.80 Å². The fourth-order valence-electron chi connectivity index (χ4n) is 17.6. The van der Waals surface area contributed by atoms with Gasteiger partial charge in [0.05, 0.1) is 10.8 Å². The van der Waals surface area contributed by atoms with Crippen LogP contribution in [-0.2, 0) is 10.8 Å². The molecule has 0 aromatic heterocycles. The highest BCUT2D eigenvalue weighted by Crippen LogP contribution is 2.65. The first-order valence-corrected chi connectivity index (χ1v) is 34.8. The molecule has 466 valence electrons. The van der Waals surface area contributed by atoms with Gasteiger partial charge in [-0.2, -0.15) is 0 Å². The van der Waals surface area contributed by atoms with Gasteiger partial charge < -0.3 is 9.80 Å². The number of nitrogens with zero attached hydrogens (tertiary/aromatic N) is 2. The van der Waals surface area contributed by atoms with Crippen LogP contribution >= 0.6 is 0 Å². The Morgan fingerprint density at radius 1 is 0.130 bits per heavy atom. The van der Waals surface area contributed by atoms with Crippen molar-refractivity contribution < 1.29 is 0 Å². The quantitative estimate of drug-likeness (QED) is 0.127. The Balaban J connectivity index is 0.626. The molecule has 20 rings (SSSR count). The summed E-state index contributed by atoms with van der Waals surface area (Å²) in [5, 5.41) is 0. The van der Waals surface area contributed by atoms with E-state index in [1.807, 2.05) is 0 Å². The molecule has 100 heavy (non-hydrogen) atoms. The molecule has 0 unspecified atom stereocenters. The first-order chi connectivity index (χ1) is 49.6. The molecule has 0 radical (unpaired) electrons. The minimum absolute atomic E-state index is 0.457. The molecule has 0 fully saturated rings. The maximum absolute atomic E-state index is 2.49. The Morgan fingerprint density at radius 2 is 0.350 bits per heavy atom. The predicted octanol–water partition coefficient (Wildman–Crippen LogP) is 25.6. The van der Waals surface area contributed by atoms with Gasteiger partial charge >= 0.3 is 0 Å². The zero-order valence-electron chi connectivity index (χ0n) is 54.8. The number of anilines is 6. The Morgan fingerprint density at radius 3 is 0.700 bits per heavy atom. The van der Waals surface area contributed by atoms with E-state index in [0.717, 1.165) is 56.4 Å². The van der Waals surface area contributed by atoms with Gasteiger partial charge in [0.25, 0.3) is 0 Å². The second kappa shape index (κ2) is 22.9. The van der Waals surface area contributed by atoms with Crippen molar-refractivity contribution in [2.24, 2.45) is 0 Å². The van der Waals surface area contributed by atoms with E-state index >= 15 is 0 Å². The summed E-state index contributed by atoms with van der Waals surface area (Å²) in [5.74, 6) is 0. The molecule has 16 aromatic carbocycles. The summed E-state index contributed by atoms with van der Waals surface area (Å²) < 4.78 is 0. The predicted molar refractivity (Wildman–Crippen MR) is 416 cm³/mol. The molecule has 4 aliphatic rings. The van der Waals surface area contributed by atoms with E-state index in [9.17, 15) is 0 Å². The van der Waals surface area contributed by atoms with Crippen molar-refractivity contribution in [1.82, 2.24) is 0 Å². The fourth-order valence-corrected chi connectivity index (χ4v) is 17.6. The number of fused-ring (bicyclic) bond motifs is 20. The van der Waals surface area contributed by atoms with Crippen LogP contribution in [0.5, 0.6) is 0 Å². The standard InChI is InChI=1S/C98H64N2/c1-3-21-65(22-4-1)68-45-51-75(52-46-68)99(79-57-59-87-85-33-11-17-39-93(85)97(95(87)63-79)89-35-13-7-29-81(89)82-30-8-14-36-90(82)97)76-55-49-71(50-56-76)73-26-19-25-72(61-73)70-43-41-67(42-44-70)69-47-53-77(54-48-69)100(78-28-20-27-74(62-78)66-23-5-2-6-24-66)80-58-60-88-86-34-12-18-40-94(86)98(96(88)64-80)91-37-15-9-31-83(91)84-32-10-16-38-92(84)98/h1-64H. The average Bonchev–Trinajstić information content (AvgIpc) is 1.52. The molecule has 16 aromatic rings. The van der Waals surface area contributed by atoms with Gasteiger partial charge in [-0.1, -0.05) is 309 Å². The van der Waals surface area contributed by atoms with E-state index in [0.29, 0.717) is 0 Å². The Kier molecular flexibility index (Phi) is 13.1. The molecule has 0 bridgehead atoms. The van der Waals surface area contributed by atoms with Crippen LogP contribution in [0.3, 0.4) is 0 Å². The summed E-state index contributed by atoms with van der Waals surface area (Å²) in [5.41, 5.74) is 38.4. The van der Waals surface area contributed by atoms with Crippen molar-refractivity contribution in [3.05, 3.63) is 433 Å². The van der Waals surface area contributed by atoms with Crippen LogP contribution in [0.2, 0.25) is 0 Å². The lowest BCUT2D eigenvalue weighted by atomic mass is 9.70. The highest BCUT2D eigenvalue weighted by Gasteiger charge is 2.53. The molecule has 4 aliphatic carbocycles. The third-order valence-corrected chi connectivity index (χ3v) is 21.9. The van der Waals surface area contributed by atoms with Crippen LogP contribution in [-0.4, -0.2) is 0 Å². The van der Waals surface area contributed by atoms with Gasteiger partial charge in [0.1, 0.15) is 0 Å². The monoisotopic (exact) mass is 1270 g/mol. The Labute approximate surface area is 584 Å². The lowest BCUT2D eigenvalue weighted by molar-refractivity contribution is 0.793. The maximum atomic E-state index is 2.49. The second-order valence-electron chi connectivity index (χ2n) is 27.0. The summed E-state index contributed by atoms with van der Waals surface area (Å²) >= 11 is 0. The van der Waals surface area contributed by atoms with Crippen LogP contribution in [0.4, 0.5) is 34.1 Å². The molecule has 0 N–H and O–H groups in total. The average molecular weight is 1270 g/mol. The lowest BCUT2D eigenvalue weighted by Crippen LogP contribution is -2.26. The van der Waals surface area contributed by atoms with E-state index in [4.69, 9.17) is 0 Å². The first-order valence-electron chi connectivity index (χ1n) is 34.8. The summed E-state index contributed by atoms with van der Waals surface area (Å²) in [6, 6.07) is 145. The van der Waals surface area contributed by atoms with Gasteiger partial charge in [0.15, 0.2) is 0 Å². The van der Waals surface area contributed by atoms with Gasteiger partial charge in [-0.15, -0.1) is 0 Å². The van der Waals surface area contributed by atoms with Crippen molar-refractivity contribution in [3.8, 4) is 100 Å². The minimum Gasteiger partial charge on any atom is -0.310 e. The molecular formula is C98H64N2. The largest absolute Gasteiger partial charge is 0.310 e. The van der Waals surface area contributed by atoms with E-state index in [1.165, 1.54) is 122 Å². The zero-order valence-corrected chi connectivity index (χ0v) is 54.8. The molecule has 2 heteroatoms. The highest BCUT2D eigenvalue weighted by molar-refractivity contribution is 5.99. The van der Waals surface area contributed by atoms with E-state index in [2.05, 4.69) is 398 Å². The fraction of sp³-hybridized carbons (Fsp3) is 0.0204. The number of hydrogen-bond donors (Lipinski definition) is 0. The summed E-state index contributed by atoms with van der Waals surface area (Å²) in [6.07, 6.45) is 0. The van der Waals surface area contributed by atoms with Gasteiger partial charge in [-0.3, -0.25) is 0 Å². The molecule has 2 spiro atoms. The van der Waals surface area contributed by atoms with Crippen molar-refractivity contribution >= 4 is 34.1 Å². The number of rotatable bonds is 11. The topological polar surface area (TPSA) is 6.48 Å². The molecule has 0 saturated carbocycles. The molecule has 0 amide bonds. The van der Waals surface area contributed by atoms with Gasteiger partial charge in [0.2, 0.25) is 0 Å². The van der Waals surface area contributed by atoms with Gasteiger partial charge in [-0.25, -0.2) is 0 Å². The molecule has 0 saturated heterocycles. The molecular weight excluding hydrogens is 1210 g/mol. The first kappa shape index (κ1) is 57.4. The lowest BCUT2D eigenvalue weighted by Gasteiger charge is -2.32. The summed E-state index contributed by atoms with van der Waals surface area (Å²) in [7, 11) is 0. The number of hydrogen-bond acceptors (Lipinski definition) is 2. The van der Waals surface area contributed by atoms with Crippen molar-refractivity contribution in [3.63, 3.8) is 0 Å². The molecule has 0 aliphatic heterocycles. The summed E-state index contributed by atoms with van der Waals surface area (Å²) in [6.45, 7) is 0. The van der Waals surface area contributed by atoms with E-state index in [1.54, 1.807) is 0 Å². The van der Waals surface area contributed by atoms with Gasteiger partial charge in [-0.05, 0) is 224 Å². The van der Waals surface area contributed by atoms with Crippen LogP contribution in [0.25, 0.3) is 100 Å².